The molecule has 0 saturated heterocycles. The fraction of sp³-hybridized carbons (Fsp3) is 0.308. The number of nitrogens with two attached hydrogens (primary N) is 1. The molecule has 7 heteroatoms. The smallest absolute Gasteiger partial charge is 0.242 e. The van der Waals surface area contributed by atoms with Crippen LogP contribution in [0.25, 0.3) is 5.69 Å². The second-order valence-electron chi connectivity index (χ2n) is 4.58. The predicted octanol–water partition coefficient (Wildman–Crippen LogP) is 1.27. The lowest BCUT2D eigenvalue weighted by Crippen LogP contribution is -2.22. The molecule has 0 aliphatic rings. The van der Waals surface area contributed by atoms with Crippen LogP contribution in [0.2, 0.25) is 0 Å². The SMILES string of the molecule is CCc1nccn1-c1cc(S(=O)(=O)N(C)C)ccc1N. The van der Waals surface area contributed by atoms with Crippen molar-refractivity contribution in [1.29, 1.82) is 0 Å². The second-order valence-corrected chi connectivity index (χ2v) is 6.73. The number of anilines is 1. The van der Waals surface area contributed by atoms with Crippen molar-refractivity contribution in [1.82, 2.24) is 13.9 Å². The first-order chi connectivity index (χ1) is 9.37. The van der Waals surface area contributed by atoms with Gasteiger partial charge in [-0.2, -0.15) is 0 Å². The van der Waals surface area contributed by atoms with Crippen molar-refractivity contribution in [3.63, 3.8) is 0 Å². The van der Waals surface area contributed by atoms with Gasteiger partial charge in [0.1, 0.15) is 5.82 Å². The van der Waals surface area contributed by atoms with E-state index in [1.165, 1.54) is 24.5 Å². The summed E-state index contributed by atoms with van der Waals surface area (Å²) in [7, 11) is -0.483. The first-order valence-electron chi connectivity index (χ1n) is 6.22. The topological polar surface area (TPSA) is 81.2 Å². The molecule has 0 unspecified atom stereocenters. The van der Waals surface area contributed by atoms with Crippen LogP contribution >= 0.6 is 0 Å². The molecule has 6 nitrogen and oxygen atoms in total. The maximum absolute atomic E-state index is 12.2. The highest BCUT2D eigenvalue weighted by molar-refractivity contribution is 7.89. The minimum absolute atomic E-state index is 0.211. The van der Waals surface area contributed by atoms with E-state index in [0.29, 0.717) is 11.4 Å². The van der Waals surface area contributed by atoms with Crippen molar-refractivity contribution in [2.24, 2.45) is 0 Å². The van der Waals surface area contributed by atoms with E-state index < -0.39 is 10.0 Å². The first-order valence-corrected chi connectivity index (χ1v) is 7.66. The zero-order chi connectivity index (χ0) is 14.9. The van der Waals surface area contributed by atoms with Gasteiger partial charge in [-0.3, -0.25) is 0 Å². The molecule has 0 saturated carbocycles. The molecule has 2 N–H and O–H groups in total. The standard InChI is InChI=1S/C13H18N4O2S/c1-4-13-15-7-8-17(13)12-9-10(5-6-11(12)14)20(18,19)16(2)3/h5-9H,4,14H2,1-3H3. The third-order valence-electron chi connectivity index (χ3n) is 3.07. The lowest BCUT2D eigenvalue weighted by molar-refractivity contribution is 0.520. The molecule has 1 aromatic heterocycles. The average Bonchev–Trinajstić information content (AvgIpc) is 2.86. The van der Waals surface area contributed by atoms with Crippen LogP contribution in [0.3, 0.4) is 0 Å². The molecule has 0 spiro atoms. The highest BCUT2D eigenvalue weighted by atomic mass is 32.2. The maximum Gasteiger partial charge on any atom is 0.242 e. The summed E-state index contributed by atoms with van der Waals surface area (Å²) in [5, 5.41) is 0. The molecule has 0 atom stereocenters. The minimum Gasteiger partial charge on any atom is -0.397 e. The predicted molar refractivity (Wildman–Crippen MR) is 78.2 cm³/mol. The van der Waals surface area contributed by atoms with E-state index in [1.54, 1.807) is 24.5 Å². The Morgan fingerprint density at radius 2 is 2.05 bits per heavy atom. The highest BCUT2D eigenvalue weighted by Crippen LogP contribution is 2.24. The van der Waals surface area contributed by atoms with Gasteiger partial charge in [0.25, 0.3) is 0 Å². The van der Waals surface area contributed by atoms with Gasteiger partial charge in [0, 0.05) is 32.9 Å². The van der Waals surface area contributed by atoms with Crippen LogP contribution in [0.1, 0.15) is 12.7 Å². The Morgan fingerprint density at radius 1 is 1.35 bits per heavy atom. The fourth-order valence-corrected chi connectivity index (χ4v) is 2.84. The van der Waals surface area contributed by atoms with Crippen molar-refractivity contribution in [3.8, 4) is 5.69 Å². The number of nitrogen functional groups attached to an aromatic ring is 1. The molecule has 0 bridgehead atoms. The molecule has 2 aromatic rings. The van der Waals surface area contributed by atoms with E-state index >= 15 is 0 Å². The zero-order valence-electron chi connectivity index (χ0n) is 11.7. The summed E-state index contributed by atoms with van der Waals surface area (Å²) in [4.78, 5) is 4.44. The summed E-state index contributed by atoms with van der Waals surface area (Å²) in [5.41, 5.74) is 7.10. The van der Waals surface area contributed by atoms with E-state index in [-0.39, 0.29) is 4.90 Å². The van der Waals surface area contributed by atoms with Crippen molar-refractivity contribution >= 4 is 15.7 Å². The molecule has 0 radical (unpaired) electrons. The Balaban J connectivity index is 2.62. The molecular formula is C13H18N4O2S. The number of sulfonamides is 1. The molecule has 108 valence electrons. The van der Waals surface area contributed by atoms with Gasteiger partial charge in [-0.15, -0.1) is 0 Å². The maximum atomic E-state index is 12.2. The number of nitrogens with zero attached hydrogens (tertiary/aromatic N) is 3. The summed E-state index contributed by atoms with van der Waals surface area (Å²) < 4.78 is 27.3. The Bertz CT molecular complexity index is 720. The largest absolute Gasteiger partial charge is 0.397 e. The van der Waals surface area contributed by atoms with Gasteiger partial charge < -0.3 is 10.3 Å². The van der Waals surface area contributed by atoms with E-state index in [0.717, 1.165) is 12.2 Å². The minimum atomic E-state index is -3.48. The number of hydrogen-bond donors (Lipinski definition) is 1. The number of aryl methyl sites for hydroxylation is 1. The molecule has 0 aliphatic heterocycles. The monoisotopic (exact) mass is 294 g/mol. The molecule has 0 aliphatic carbocycles. The van der Waals surface area contributed by atoms with Crippen LogP contribution in [-0.4, -0.2) is 36.4 Å². The molecule has 1 heterocycles. The van der Waals surface area contributed by atoms with Gasteiger partial charge in [0.05, 0.1) is 16.3 Å². The summed E-state index contributed by atoms with van der Waals surface area (Å²) >= 11 is 0. The number of aromatic nitrogens is 2. The number of imidazole rings is 1. The molecule has 1 aromatic carbocycles. The van der Waals surface area contributed by atoms with Gasteiger partial charge in [-0.05, 0) is 18.2 Å². The quantitative estimate of drug-likeness (QED) is 0.861. The number of benzene rings is 1. The zero-order valence-corrected chi connectivity index (χ0v) is 12.6. The van der Waals surface area contributed by atoms with Crippen LogP contribution in [0, 0.1) is 0 Å². The average molecular weight is 294 g/mol. The third-order valence-corrected chi connectivity index (χ3v) is 4.88. The van der Waals surface area contributed by atoms with Crippen molar-refractivity contribution in [2.45, 2.75) is 18.2 Å². The van der Waals surface area contributed by atoms with Crippen molar-refractivity contribution < 1.29 is 8.42 Å². The van der Waals surface area contributed by atoms with Gasteiger partial charge in [-0.1, -0.05) is 6.92 Å². The summed E-state index contributed by atoms with van der Waals surface area (Å²) in [6, 6.07) is 4.69. The van der Waals surface area contributed by atoms with Crippen LogP contribution < -0.4 is 5.73 Å². The Hall–Kier alpha value is -1.86. The van der Waals surface area contributed by atoms with Gasteiger partial charge in [0.2, 0.25) is 10.0 Å². The molecular weight excluding hydrogens is 276 g/mol. The Morgan fingerprint density at radius 3 is 2.65 bits per heavy atom. The molecule has 2 rings (SSSR count). The first kappa shape index (κ1) is 14.5. The molecule has 0 fully saturated rings. The van der Waals surface area contributed by atoms with Gasteiger partial charge in [0.15, 0.2) is 0 Å². The Kier molecular flexibility index (Phi) is 3.82. The van der Waals surface area contributed by atoms with Crippen molar-refractivity contribution in [3.05, 3.63) is 36.4 Å². The van der Waals surface area contributed by atoms with E-state index in [4.69, 9.17) is 5.73 Å². The van der Waals surface area contributed by atoms with E-state index in [1.807, 2.05) is 11.5 Å². The third kappa shape index (κ3) is 2.41. The summed E-state index contributed by atoms with van der Waals surface area (Å²) in [6.45, 7) is 1.98. The van der Waals surface area contributed by atoms with E-state index in [2.05, 4.69) is 4.98 Å². The van der Waals surface area contributed by atoms with Crippen LogP contribution in [0.15, 0.2) is 35.5 Å². The lowest BCUT2D eigenvalue weighted by Gasteiger charge is -2.15. The molecule has 20 heavy (non-hydrogen) atoms. The van der Waals surface area contributed by atoms with Crippen LogP contribution in [-0.2, 0) is 16.4 Å². The number of rotatable bonds is 4. The summed E-state index contributed by atoms with van der Waals surface area (Å²) in [6.07, 6.45) is 4.18. The van der Waals surface area contributed by atoms with Crippen LogP contribution in [0.4, 0.5) is 5.69 Å². The normalized spacial score (nSPS) is 12.0. The lowest BCUT2D eigenvalue weighted by atomic mass is 10.2. The van der Waals surface area contributed by atoms with E-state index in [9.17, 15) is 8.42 Å². The van der Waals surface area contributed by atoms with Crippen LogP contribution in [0.5, 0.6) is 0 Å². The van der Waals surface area contributed by atoms with Crippen molar-refractivity contribution in [2.75, 3.05) is 19.8 Å². The highest BCUT2D eigenvalue weighted by Gasteiger charge is 2.19. The fourth-order valence-electron chi connectivity index (χ4n) is 1.92. The van der Waals surface area contributed by atoms with Gasteiger partial charge >= 0.3 is 0 Å². The summed E-state index contributed by atoms with van der Waals surface area (Å²) in [5.74, 6) is 0.830. The Labute approximate surface area is 118 Å². The van der Waals surface area contributed by atoms with Gasteiger partial charge in [-0.25, -0.2) is 17.7 Å². The molecule has 0 amide bonds. The number of hydrogen-bond acceptors (Lipinski definition) is 4. The second kappa shape index (κ2) is 5.26.